The fraction of sp³-hybridized carbons (Fsp3) is 0.500. The number of thiophene rings is 1. The molecule has 0 aliphatic rings. The molecule has 116 valence electrons. The monoisotopic (exact) mass is 312 g/mol. The molecule has 7 heteroatoms. The summed E-state index contributed by atoms with van der Waals surface area (Å²) < 4.78 is 0. The van der Waals surface area contributed by atoms with Gasteiger partial charge >= 0.3 is 5.97 Å². The van der Waals surface area contributed by atoms with E-state index in [4.69, 9.17) is 5.11 Å². The molecule has 1 aromatic rings. The molecule has 0 radical (unpaired) electrons. The van der Waals surface area contributed by atoms with Gasteiger partial charge in [-0.05, 0) is 31.7 Å². The quantitative estimate of drug-likeness (QED) is 0.763. The molecule has 0 aliphatic heterocycles. The molecule has 1 heterocycles. The average molecular weight is 312 g/mol. The van der Waals surface area contributed by atoms with E-state index in [2.05, 4.69) is 5.32 Å². The maximum absolute atomic E-state index is 12.1. The summed E-state index contributed by atoms with van der Waals surface area (Å²) in [5, 5.41) is 13.0. The van der Waals surface area contributed by atoms with Crippen LogP contribution < -0.4 is 5.32 Å². The zero-order valence-corrected chi connectivity index (χ0v) is 13.0. The lowest BCUT2D eigenvalue weighted by molar-refractivity contribution is -0.138. The van der Waals surface area contributed by atoms with Crippen molar-refractivity contribution in [1.82, 2.24) is 10.2 Å². The Labute approximate surface area is 127 Å². The summed E-state index contributed by atoms with van der Waals surface area (Å²) in [4.78, 5) is 36.5. The number of nitrogens with one attached hydrogen (secondary N) is 1. The topological polar surface area (TPSA) is 86.7 Å². The third kappa shape index (κ3) is 5.95. The Hall–Kier alpha value is -1.89. The number of carboxylic acid groups (broad SMARTS) is 1. The number of carbonyl (C=O) groups excluding carboxylic acids is 2. The molecule has 2 amide bonds. The van der Waals surface area contributed by atoms with Gasteiger partial charge in [0.15, 0.2) is 0 Å². The smallest absolute Gasteiger partial charge is 0.303 e. The molecule has 0 bridgehead atoms. The van der Waals surface area contributed by atoms with E-state index in [0.717, 1.165) is 0 Å². The Kier molecular flexibility index (Phi) is 6.87. The van der Waals surface area contributed by atoms with Gasteiger partial charge in [-0.2, -0.15) is 0 Å². The summed E-state index contributed by atoms with van der Waals surface area (Å²) in [6.07, 6.45) is 0.427. The lowest BCUT2D eigenvalue weighted by Gasteiger charge is -2.26. The van der Waals surface area contributed by atoms with E-state index in [1.165, 1.54) is 11.3 Å². The molecule has 6 nitrogen and oxygen atoms in total. The third-order valence-corrected chi connectivity index (χ3v) is 3.75. The van der Waals surface area contributed by atoms with Crippen molar-refractivity contribution in [2.24, 2.45) is 0 Å². The summed E-state index contributed by atoms with van der Waals surface area (Å²) in [6, 6.07) is 3.43. The fourth-order valence-corrected chi connectivity index (χ4v) is 2.46. The van der Waals surface area contributed by atoms with Gasteiger partial charge in [0, 0.05) is 19.0 Å². The van der Waals surface area contributed by atoms with E-state index in [1.807, 2.05) is 13.8 Å². The summed E-state index contributed by atoms with van der Waals surface area (Å²) in [7, 11) is 0. The van der Waals surface area contributed by atoms with Gasteiger partial charge in [-0.3, -0.25) is 14.4 Å². The molecule has 0 unspecified atom stereocenters. The Balaban J connectivity index is 2.45. The van der Waals surface area contributed by atoms with Crippen molar-refractivity contribution in [3.05, 3.63) is 22.4 Å². The van der Waals surface area contributed by atoms with Gasteiger partial charge in [0.2, 0.25) is 5.91 Å². The highest BCUT2D eigenvalue weighted by Crippen LogP contribution is 2.08. The van der Waals surface area contributed by atoms with Crippen LogP contribution in [0.15, 0.2) is 17.5 Å². The number of nitrogens with zero attached hydrogens (tertiary/aromatic N) is 1. The van der Waals surface area contributed by atoms with Gasteiger partial charge in [0.25, 0.3) is 5.91 Å². The fourth-order valence-electron chi connectivity index (χ4n) is 1.82. The van der Waals surface area contributed by atoms with Gasteiger partial charge in [0.1, 0.15) is 0 Å². The van der Waals surface area contributed by atoms with E-state index >= 15 is 0 Å². The van der Waals surface area contributed by atoms with Crippen LogP contribution >= 0.6 is 11.3 Å². The van der Waals surface area contributed by atoms with Crippen LogP contribution in [0.25, 0.3) is 0 Å². The summed E-state index contributed by atoms with van der Waals surface area (Å²) in [6.45, 7) is 4.01. The van der Waals surface area contributed by atoms with Crippen molar-refractivity contribution in [2.75, 3.05) is 13.1 Å². The second-order valence-corrected chi connectivity index (χ2v) is 5.79. The molecular weight excluding hydrogens is 292 g/mol. The van der Waals surface area contributed by atoms with Gasteiger partial charge in [0.05, 0.1) is 11.4 Å². The highest BCUT2D eigenvalue weighted by atomic mass is 32.1. The summed E-state index contributed by atoms with van der Waals surface area (Å²) in [5.41, 5.74) is 0. The minimum absolute atomic E-state index is 0.0258. The Morgan fingerprint density at radius 1 is 1.38 bits per heavy atom. The van der Waals surface area contributed by atoms with Crippen LogP contribution in [0.2, 0.25) is 0 Å². The maximum atomic E-state index is 12.1. The molecule has 0 saturated carbocycles. The first kappa shape index (κ1) is 17.2. The van der Waals surface area contributed by atoms with Crippen molar-refractivity contribution < 1.29 is 19.5 Å². The molecule has 21 heavy (non-hydrogen) atoms. The zero-order valence-electron chi connectivity index (χ0n) is 12.2. The van der Waals surface area contributed by atoms with Crippen LogP contribution in [-0.4, -0.2) is 46.9 Å². The first-order valence-electron chi connectivity index (χ1n) is 6.74. The number of amides is 2. The minimum Gasteiger partial charge on any atom is -0.481 e. The molecule has 0 atom stereocenters. The Morgan fingerprint density at radius 2 is 2.10 bits per heavy atom. The molecule has 0 fully saturated rings. The van der Waals surface area contributed by atoms with Crippen LogP contribution in [0, 0.1) is 0 Å². The zero-order chi connectivity index (χ0) is 15.8. The maximum Gasteiger partial charge on any atom is 0.303 e. The predicted octanol–water partition coefficient (Wildman–Crippen LogP) is 1.58. The van der Waals surface area contributed by atoms with Gasteiger partial charge in [-0.1, -0.05) is 6.07 Å². The van der Waals surface area contributed by atoms with Crippen LogP contribution in [0.4, 0.5) is 0 Å². The Morgan fingerprint density at radius 3 is 2.62 bits per heavy atom. The number of hydrogen-bond acceptors (Lipinski definition) is 4. The van der Waals surface area contributed by atoms with Crippen molar-refractivity contribution in [3.8, 4) is 0 Å². The molecule has 0 saturated heterocycles. The molecule has 1 aromatic heterocycles. The van der Waals surface area contributed by atoms with Crippen LogP contribution in [0.1, 0.15) is 36.4 Å². The normalized spacial score (nSPS) is 10.4. The SMILES string of the molecule is CC(C)N(CCCC(=O)O)C(=O)CNC(=O)c1cccs1. The number of aliphatic carboxylic acids is 1. The van der Waals surface area contributed by atoms with Crippen LogP contribution in [0.3, 0.4) is 0 Å². The van der Waals surface area contributed by atoms with Crippen molar-refractivity contribution in [2.45, 2.75) is 32.7 Å². The minimum atomic E-state index is -0.878. The van der Waals surface area contributed by atoms with E-state index in [0.29, 0.717) is 17.8 Å². The summed E-state index contributed by atoms with van der Waals surface area (Å²) >= 11 is 1.31. The number of hydrogen-bond donors (Lipinski definition) is 2. The molecule has 2 N–H and O–H groups in total. The van der Waals surface area contributed by atoms with Gasteiger partial charge in [-0.25, -0.2) is 0 Å². The van der Waals surface area contributed by atoms with Gasteiger partial charge < -0.3 is 15.3 Å². The molecule has 0 aliphatic carbocycles. The van der Waals surface area contributed by atoms with Crippen molar-refractivity contribution in [1.29, 1.82) is 0 Å². The third-order valence-electron chi connectivity index (χ3n) is 2.88. The largest absolute Gasteiger partial charge is 0.481 e. The van der Waals surface area contributed by atoms with Crippen molar-refractivity contribution >= 4 is 29.1 Å². The number of rotatable bonds is 8. The Bertz CT molecular complexity index is 485. The molecule has 0 aromatic carbocycles. The number of carboxylic acids is 1. The first-order valence-corrected chi connectivity index (χ1v) is 7.62. The van der Waals surface area contributed by atoms with E-state index in [9.17, 15) is 14.4 Å². The van der Waals surface area contributed by atoms with Gasteiger partial charge in [-0.15, -0.1) is 11.3 Å². The number of carbonyl (C=O) groups is 3. The molecule has 0 spiro atoms. The van der Waals surface area contributed by atoms with Crippen molar-refractivity contribution in [3.63, 3.8) is 0 Å². The standard InChI is InChI=1S/C14H20N2O4S/c1-10(2)16(7-3-6-13(18)19)12(17)9-15-14(20)11-5-4-8-21-11/h4-5,8,10H,3,6-7,9H2,1-2H3,(H,15,20)(H,18,19). The highest BCUT2D eigenvalue weighted by Gasteiger charge is 2.18. The highest BCUT2D eigenvalue weighted by molar-refractivity contribution is 7.12. The lowest BCUT2D eigenvalue weighted by Crippen LogP contribution is -2.44. The lowest BCUT2D eigenvalue weighted by atomic mass is 10.2. The molecular formula is C14H20N2O4S. The predicted molar refractivity (Wildman–Crippen MR) is 80.4 cm³/mol. The van der Waals surface area contributed by atoms with E-state index < -0.39 is 5.97 Å². The van der Waals surface area contributed by atoms with Crippen LogP contribution in [-0.2, 0) is 9.59 Å². The van der Waals surface area contributed by atoms with E-state index in [-0.39, 0.29) is 30.8 Å². The van der Waals surface area contributed by atoms with E-state index in [1.54, 1.807) is 22.4 Å². The second-order valence-electron chi connectivity index (χ2n) is 4.84. The van der Waals surface area contributed by atoms with Crippen LogP contribution in [0.5, 0.6) is 0 Å². The second kappa shape index (κ2) is 8.41. The molecule has 1 rings (SSSR count). The summed E-state index contributed by atoms with van der Waals surface area (Å²) in [5.74, 6) is -1.36. The average Bonchev–Trinajstić information content (AvgIpc) is 2.94. The first-order chi connectivity index (χ1) is 9.91.